The zero-order chi connectivity index (χ0) is 15.1. The van der Waals surface area contributed by atoms with Gasteiger partial charge in [-0.2, -0.15) is 5.10 Å². The fourth-order valence-corrected chi connectivity index (χ4v) is 2.44. The van der Waals surface area contributed by atoms with Crippen LogP contribution in [0.5, 0.6) is 0 Å². The van der Waals surface area contributed by atoms with Crippen LogP contribution in [0.3, 0.4) is 0 Å². The lowest BCUT2D eigenvalue weighted by molar-refractivity contribution is 0.0349. The van der Waals surface area contributed by atoms with Crippen molar-refractivity contribution in [2.75, 3.05) is 32.8 Å². The topological polar surface area (TPSA) is 71.4 Å². The van der Waals surface area contributed by atoms with Crippen LogP contribution in [0.25, 0.3) is 0 Å². The second kappa shape index (κ2) is 7.99. The van der Waals surface area contributed by atoms with Gasteiger partial charge in [0.05, 0.1) is 19.8 Å². The molecule has 2 amide bonds. The van der Waals surface area contributed by atoms with Crippen molar-refractivity contribution in [2.24, 2.45) is 0 Å². The molecule has 1 aromatic heterocycles. The summed E-state index contributed by atoms with van der Waals surface area (Å²) in [5.41, 5.74) is 0. The molecule has 2 heterocycles. The fraction of sp³-hybridized carbons (Fsp3) is 0.714. The van der Waals surface area contributed by atoms with Crippen LogP contribution in [0, 0.1) is 0 Å². The minimum absolute atomic E-state index is 0.0282. The first kappa shape index (κ1) is 15.8. The van der Waals surface area contributed by atoms with Gasteiger partial charge in [0.2, 0.25) is 0 Å². The van der Waals surface area contributed by atoms with Gasteiger partial charge in [-0.25, -0.2) is 4.79 Å². The summed E-state index contributed by atoms with van der Waals surface area (Å²) < 4.78 is 7.12. The summed E-state index contributed by atoms with van der Waals surface area (Å²) in [5.74, 6) is 0. The molecule has 1 saturated heterocycles. The van der Waals surface area contributed by atoms with E-state index in [4.69, 9.17) is 4.74 Å². The summed E-state index contributed by atoms with van der Waals surface area (Å²) in [6.45, 7) is 8.93. The highest BCUT2D eigenvalue weighted by Gasteiger charge is 2.16. The van der Waals surface area contributed by atoms with Crippen LogP contribution in [0.1, 0.15) is 13.8 Å². The quantitative estimate of drug-likeness (QED) is 0.791. The third kappa shape index (κ3) is 5.73. The highest BCUT2D eigenvalue weighted by atomic mass is 16.5. The molecule has 1 aromatic rings. The molecule has 1 aliphatic rings. The van der Waals surface area contributed by atoms with Crippen LogP contribution >= 0.6 is 0 Å². The molecule has 0 aliphatic carbocycles. The lowest BCUT2D eigenvalue weighted by Crippen LogP contribution is -2.50. The summed E-state index contributed by atoms with van der Waals surface area (Å²) in [7, 11) is 0. The first-order valence-corrected chi connectivity index (χ1v) is 7.48. The van der Waals surface area contributed by atoms with Crippen LogP contribution in [0.2, 0.25) is 0 Å². The van der Waals surface area contributed by atoms with Gasteiger partial charge in [-0.15, -0.1) is 0 Å². The van der Waals surface area contributed by atoms with Crippen LogP contribution < -0.4 is 10.6 Å². The SMILES string of the molecule is C[C@@H](CN1CCOCC1)NC(=O)N[C@@H](C)Cn1cccn1. The molecule has 1 fully saturated rings. The van der Waals surface area contributed by atoms with Crippen molar-refractivity contribution in [1.82, 2.24) is 25.3 Å². The van der Waals surface area contributed by atoms with E-state index >= 15 is 0 Å². The second-order valence-corrected chi connectivity index (χ2v) is 5.56. The summed E-state index contributed by atoms with van der Waals surface area (Å²) in [4.78, 5) is 14.2. The first-order chi connectivity index (χ1) is 10.1. The Kier molecular flexibility index (Phi) is 6.01. The Bertz CT molecular complexity index is 417. The Balaban J connectivity index is 1.65. The van der Waals surface area contributed by atoms with E-state index in [0.717, 1.165) is 32.8 Å². The van der Waals surface area contributed by atoms with E-state index in [1.807, 2.05) is 30.8 Å². The minimum Gasteiger partial charge on any atom is -0.379 e. The predicted octanol–water partition coefficient (Wildman–Crippen LogP) is 0.292. The number of carbonyl (C=O) groups excluding carboxylic acids is 1. The molecule has 21 heavy (non-hydrogen) atoms. The Hall–Kier alpha value is -1.60. The molecule has 0 unspecified atom stereocenters. The summed E-state index contributed by atoms with van der Waals surface area (Å²) in [6.07, 6.45) is 3.62. The van der Waals surface area contributed by atoms with Crippen molar-refractivity contribution in [3.05, 3.63) is 18.5 Å². The Morgan fingerprint density at radius 3 is 2.52 bits per heavy atom. The average Bonchev–Trinajstić information content (AvgIpc) is 2.91. The van der Waals surface area contributed by atoms with Crippen molar-refractivity contribution >= 4 is 6.03 Å². The molecule has 1 aliphatic heterocycles. The van der Waals surface area contributed by atoms with E-state index in [-0.39, 0.29) is 18.1 Å². The smallest absolute Gasteiger partial charge is 0.315 e. The number of aromatic nitrogens is 2. The van der Waals surface area contributed by atoms with Crippen LogP contribution in [0.4, 0.5) is 4.79 Å². The van der Waals surface area contributed by atoms with E-state index < -0.39 is 0 Å². The van der Waals surface area contributed by atoms with E-state index in [2.05, 4.69) is 20.6 Å². The predicted molar refractivity (Wildman–Crippen MR) is 80.1 cm³/mol. The highest BCUT2D eigenvalue weighted by molar-refractivity contribution is 5.74. The Morgan fingerprint density at radius 1 is 1.24 bits per heavy atom. The fourth-order valence-electron chi connectivity index (χ4n) is 2.44. The average molecular weight is 295 g/mol. The molecule has 0 aromatic carbocycles. The number of carbonyl (C=O) groups is 1. The number of hydrogen-bond donors (Lipinski definition) is 2. The lowest BCUT2D eigenvalue weighted by atomic mass is 10.3. The van der Waals surface area contributed by atoms with Crippen molar-refractivity contribution < 1.29 is 9.53 Å². The van der Waals surface area contributed by atoms with E-state index in [0.29, 0.717) is 6.54 Å². The maximum Gasteiger partial charge on any atom is 0.315 e. The molecule has 0 saturated carbocycles. The van der Waals surface area contributed by atoms with Gasteiger partial charge in [0.15, 0.2) is 0 Å². The molecular weight excluding hydrogens is 270 g/mol. The second-order valence-electron chi connectivity index (χ2n) is 5.56. The van der Waals surface area contributed by atoms with Gasteiger partial charge in [-0.05, 0) is 19.9 Å². The summed E-state index contributed by atoms with van der Waals surface area (Å²) >= 11 is 0. The number of amides is 2. The molecule has 2 atom stereocenters. The molecule has 0 spiro atoms. The highest BCUT2D eigenvalue weighted by Crippen LogP contribution is 1.98. The van der Waals surface area contributed by atoms with Crippen molar-refractivity contribution in [3.8, 4) is 0 Å². The molecule has 0 radical (unpaired) electrons. The molecule has 2 rings (SSSR count). The van der Waals surface area contributed by atoms with Crippen molar-refractivity contribution in [2.45, 2.75) is 32.5 Å². The Morgan fingerprint density at radius 2 is 1.90 bits per heavy atom. The molecule has 0 bridgehead atoms. The van der Waals surface area contributed by atoms with Crippen LogP contribution in [-0.2, 0) is 11.3 Å². The number of hydrogen-bond acceptors (Lipinski definition) is 4. The number of rotatable bonds is 6. The van der Waals surface area contributed by atoms with E-state index in [1.54, 1.807) is 6.20 Å². The number of morpholine rings is 1. The zero-order valence-corrected chi connectivity index (χ0v) is 12.8. The number of urea groups is 1. The maximum atomic E-state index is 11.9. The van der Waals surface area contributed by atoms with Gasteiger partial charge >= 0.3 is 6.03 Å². The van der Waals surface area contributed by atoms with Gasteiger partial charge in [-0.3, -0.25) is 9.58 Å². The van der Waals surface area contributed by atoms with E-state index in [9.17, 15) is 4.79 Å². The van der Waals surface area contributed by atoms with Gasteiger partial charge in [-0.1, -0.05) is 0 Å². The normalized spacial score (nSPS) is 19.0. The third-order valence-electron chi connectivity index (χ3n) is 3.41. The van der Waals surface area contributed by atoms with Crippen molar-refractivity contribution in [1.29, 1.82) is 0 Å². The summed E-state index contributed by atoms with van der Waals surface area (Å²) in [6, 6.07) is 1.88. The molecule has 2 N–H and O–H groups in total. The van der Waals surface area contributed by atoms with Crippen LogP contribution in [0.15, 0.2) is 18.5 Å². The Labute approximate surface area is 125 Å². The van der Waals surface area contributed by atoms with Gasteiger partial charge in [0.1, 0.15) is 0 Å². The third-order valence-corrected chi connectivity index (χ3v) is 3.41. The summed E-state index contributed by atoms with van der Waals surface area (Å²) in [5, 5.41) is 10.0. The lowest BCUT2D eigenvalue weighted by Gasteiger charge is -2.29. The first-order valence-electron chi connectivity index (χ1n) is 7.48. The number of ether oxygens (including phenoxy) is 1. The molecular formula is C14H25N5O2. The van der Waals surface area contributed by atoms with Gasteiger partial charge < -0.3 is 15.4 Å². The maximum absolute atomic E-state index is 11.9. The van der Waals surface area contributed by atoms with E-state index in [1.165, 1.54) is 0 Å². The standard InChI is InChI=1S/C14H25N5O2/c1-12(10-18-6-8-21-9-7-18)16-14(20)17-13(2)11-19-5-3-4-15-19/h3-5,12-13H,6-11H2,1-2H3,(H2,16,17,20)/t12-,13-/m0/s1. The minimum atomic E-state index is -0.129. The van der Waals surface area contributed by atoms with Gasteiger partial charge in [0.25, 0.3) is 0 Å². The number of nitrogens with one attached hydrogen (secondary N) is 2. The monoisotopic (exact) mass is 295 g/mol. The number of nitrogens with zero attached hydrogens (tertiary/aromatic N) is 3. The van der Waals surface area contributed by atoms with Crippen molar-refractivity contribution in [3.63, 3.8) is 0 Å². The molecule has 7 heteroatoms. The zero-order valence-electron chi connectivity index (χ0n) is 12.8. The molecule has 118 valence electrons. The molecule has 7 nitrogen and oxygen atoms in total. The van der Waals surface area contributed by atoms with Gasteiger partial charge in [0, 0.05) is 44.1 Å². The largest absolute Gasteiger partial charge is 0.379 e. The van der Waals surface area contributed by atoms with Crippen LogP contribution in [-0.4, -0.2) is 65.6 Å².